The van der Waals surface area contributed by atoms with Crippen LogP contribution in [-0.4, -0.2) is 13.1 Å². The van der Waals surface area contributed by atoms with Crippen molar-refractivity contribution in [2.45, 2.75) is 0 Å². The maximum Gasteiger partial charge on any atom is 0.588 e. The van der Waals surface area contributed by atoms with Gasteiger partial charge in [0.2, 0.25) is 0 Å². The van der Waals surface area contributed by atoms with Gasteiger partial charge in [-0.05, 0) is 0 Å². The van der Waals surface area contributed by atoms with Crippen molar-refractivity contribution in [3.8, 4) is 0 Å². The Morgan fingerprint density at radius 1 is 2.00 bits per heavy atom. The van der Waals surface area contributed by atoms with E-state index in [-0.39, 0.29) is 0 Å². The lowest BCUT2D eigenvalue weighted by Crippen LogP contribution is -1.92. The normalized spacial score (nSPS) is 6.17. The zero-order valence-electron chi connectivity index (χ0n) is 3.52. The lowest BCUT2D eigenvalue weighted by Gasteiger charge is -1.70. The Bertz CT molecular complexity index is 65.9. The molecule has 0 aromatic carbocycles. The summed E-state index contributed by atoms with van der Waals surface area (Å²) in [5.74, 6) is -0.519. The van der Waals surface area contributed by atoms with Gasteiger partial charge in [-0.15, -0.1) is 0 Å². The Hall–Kier alpha value is -0.880. The van der Waals surface area contributed by atoms with Crippen molar-refractivity contribution < 1.29 is 9.53 Å². The second kappa shape index (κ2) is 2.36. The van der Waals surface area contributed by atoms with E-state index < -0.39 is 5.97 Å². The maximum absolute atomic E-state index is 9.78. The number of ether oxygens (including phenoxy) is 1. The molecule has 0 bridgehead atoms. The fourth-order valence-corrected chi connectivity index (χ4v) is 0.0722. The van der Waals surface area contributed by atoms with Gasteiger partial charge in [0.25, 0.3) is 0 Å². The zero-order chi connectivity index (χ0) is 4.99. The van der Waals surface area contributed by atoms with Crippen molar-refractivity contribution in [1.29, 1.82) is 0 Å². The molecular formula is C4H5O2+. The van der Waals surface area contributed by atoms with Crippen LogP contribution in [0.15, 0.2) is 6.58 Å². The van der Waals surface area contributed by atoms with Crippen LogP contribution < -0.4 is 0 Å². The third-order valence-corrected chi connectivity index (χ3v) is 0.330. The molecule has 0 aromatic heterocycles. The van der Waals surface area contributed by atoms with Gasteiger partial charge in [-0.3, -0.25) is 0 Å². The first-order valence-corrected chi connectivity index (χ1v) is 1.42. The summed E-state index contributed by atoms with van der Waals surface area (Å²) in [5, 5.41) is 0. The van der Waals surface area contributed by atoms with Crippen molar-refractivity contribution in [1.82, 2.24) is 0 Å². The van der Waals surface area contributed by atoms with E-state index in [9.17, 15) is 4.79 Å². The first-order valence-electron chi connectivity index (χ1n) is 1.42. The molecule has 0 aliphatic heterocycles. The molecule has 0 saturated carbocycles. The molecule has 6 heavy (non-hydrogen) atoms. The van der Waals surface area contributed by atoms with Crippen molar-refractivity contribution in [3.63, 3.8) is 0 Å². The minimum Gasteiger partial charge on any atom is -0.425 e. The van der Waals surface area contributed by atoms with Gasteiger partial charge in [0.15, 0.2) is 6.58 Å². The monoisotopic (exact) mass is 85.0 g/mol. The Kier molecular flexibility index (Phi) is 2.02. The van der Waals surface area contributed by atoms with E-state index in [4.69, 9.17) is 0 Å². The lowest BCUT2D eigenvalue weighted by molar-refractivity contribution is -0.135. The number of carbonyl (C=O) groups is 1. The molecule has 0 radical (unpaired) electrons. The van der Waals surface area contributed by atoms with Gasteiger partial charge in [0.05, 0.1) is 7.11 Å². The van der Waals surface area contributed by atoms with Crippen LogP contribution in [0.3, 0.4) is 0 Å². The molecule has 0 aromatic rings. The standard InChI is InChI=1S/C4H5O2/c1-3-4(5)6-2/h1H2,2H3/q+1. The predicted molar refractivity (Wildman–Crippen MR) is 20.9 cm³/mol. The molecule has 2 nitrogen and oxygen atoms in total. The van der Waals surface area contributed by atoms with Gasteiger partial charge < -0.3 is 4.74 Å². The van der Waals surface area contributed by atoms with E-state index in [1.165, 1.54) is 7.11 Å². The van der Waals surface area contributed by atoms with Crippen LogP contribution in [0.5, 0.6) is 0 Å². The molecule has 32 valence electrons. The molecule has 0 N–H and O–H groups in total. The first-order chi connectivity index (χ1) is 2.81. The van der Waals surface area contributed by atoms with E-state index in [0.717, 1.165) is 0 Å². The van der Waals surface area contributed by atoms with Gasteiger partial charge >= 0.3 is 12.0 Å². The Labute approximate surface area is 36.4 Å². The molecule has 0 aliphatic carbocycles. The highest BCUT2D eigenvalue weighted by atomic mass is 16.5. The summed E-state index contributed by atoms with van der Waals surface area (Å²) in [4.78, 5) is 9.78. The third kappa shape index (κ3) is 1.44. The molecule has 0 heterocycles. The molecule has 0 aliphatic rings. The van der Waals surface area contributed by atoms with E-state index in [1.54, 1.807) is 0 Å². The molecule has 0 saturated heterocycles. The van der Waals surface area contributed by atoms with Crippen LogP contribution in [0.4, 0.5) is 0 Å². The smallest absolute Gasteiger partial charge is 0.425 e. The zero-order valence-corrected chi connectivity index (χ0v) is 3.52. The van der Waals surface area contributed by atoms with Crippen LogP contribution in [0.25, 0.3) is 0 Å². The third-order valence-electron chi connectivity index (χ3n) is 0.330. The maximum atomic E-state index is 9.78. The van der Waals surface area contributed by atoms with Gasteiger partial charge in [-0.1, -0.05) is 0 Å². The fourth-order valence-electron chi connectivity index (χ4n) is 0.0722. The van der Waals surface area contributed by atoms with Crippen LogP contribution in [0.1, 0.15) is 0 Å². The quantitative estimate of drug-likeness (QED) is 0.257. The molecule has 0 unspecified atom stereocenters. The number of carbonyl (C=O) groups excluding carboxylic acids is 1. The summed E-state index contributed by atoms with van der Waals surface area (Å²) in [5.41, 5.74) is 0. The average molecular weight is 85.1 g/mol. The highest BCUT2D eigenvalue weighted by molar-refractivity contribution is 5.76. The molecule has 0 atom stereocenters. The summed E-state index contributed by atoms with van der Waals surface area (Å²) in [7, 11) is 1.28. The predicted octanol–water partition coefficient (Wildman–Crippen LogP) is 0.149. The van der Waals surface area contributed by atoms with E-state index in [0.29, 0.717) is 0 Å². The molecule has 0 fully saturated rings. The van der Waals surface area contributed by atoms with Crippen molar-refractivity contribution in [3.05, 3.63) is 12.7 Å². The highest BCUT2D eigenvalue weighted by Crippen LogP contribution is 1.65. The number of methoxy groups -OCH3 is 1. The van der Waals surface area contributed by atoms with Crippen molar-refractivity contribution in [2.75, 3.05) is 7.11 Å². The Morgan fingerprint density at radius 3 is 2.50 bits per heavy atom. The lowest BCUT2D eigenvalue weighted by atomic mass is 10.7. The van der Waals surface area contributed by atoms with Crippen LogP contribution >= 0.6 is 0 Å². The van der Waals surface area contributed by atoms with Gasteiger partial charge in [-0.25, -0.2) is 0 Å². The largest absolute Gasteiger partial charge is 0.588 e. The molecule has 2 heteroatoms. The summed E-state index contributed by atoms with van der Waals surface area (Å²) in [6, 6.07) is 0. The van der Waals surface area contributed by atoms with Crippen LogP contribution in [0, 0.1) is 6.08 Å². The van der Waals surface area contributed by atoms with Crippen LogP contribution in [0.2, 0.25) is 0 Å². The second-order valence-electron chi connectivity index (χ2n) is 0.668. The molecular weight excluding hydrogens is 80.0 g/mol. The second-order valence-corrected chi connectivity index (χ2v) is 0.668. The molecule has 0 rings (SSSR count). The topological polar surface area (TPSA) is 26.3 Å². The average Bonchev–Trinajstić information content (AvgIpc) is 1.65. The minimum atomic E-state index is -0.519. The van der Waals surface area contributed by atoms with Crippen molar-refractivity contribution >= 4 is 5.97 Å². The van der Waals surface area contributed by atoms with Gasteiger partial charge in [0.1, 0.15) is 0 Å². The van der Waals surface area contributed by atoms with E-state index in [1.807, 2.05) is 6.08 Å². The number of hydrogen-bond donors (Lipinski definition) is 0. The number of hydrogen-bond acceptors (Lipinski definition) is 2. The summed E-state index contributed by atoms with van der Waals surface area (Å²) in [6.45, 7) is 3.03. The summed E-state index contributed by atoms with van der Waals surface area (Å²) in [6.07, 6.45) is 2.00. The highest BCUT2D eigenvalue weighted by Gasteiger charge is 2.03. The van der Waals surface area contributed by atoms with E-state index in [2.05, 4.69) is 11.3 Å². The van der Waals surface area contributed by atoms with Crippen molar-refractivity contribution in [2.24, 2.45) is 0 Å². The molecule has 0 amide bonds. The Balaban J connectivity index is 3.23. The number of rotatable bonds is 1. The van der Waals surface area contributed by atoms with Gasteiger partial charge in [-0.2, -0.15) is 4.79 Å². The first kappa shape index (κ1) is 5.12. The van der Waals surface area contributed by atoms with E-state index >= 15 is 0 Å². The summed E-state index contributed by atoms with van der Waals surface area (Å²) >= 11 is 0. The minimum absolute atomic E-state index is 0.519. The number of esters is 1. The fraction of sp³-hybridized carbons (Fsp3) is 0.250. The SMILES string of the molecule is C=[C+]C(=O)OC. The van der Waals surface area contributed by atoms with Crippen LogP contribution in [-0.2, 0) is 9.53 Å². The molecule has 0 spiro atoms. The Morgan fingerprint density at radius 2 is 2.50 bits per heavy atom. The van der Waals surface area contributed by atoms with Gasteiger partial charge in [0, 0.05) is 0 Å². The summed E-state index contributed by atoms with van der Waals surface area (Å²) < 4.78 is 4.09.